The van der Waals surface area contributed by atoms with Crippen molar-refractivity contribution in [3.05, 3.63) is 52.7 Å². The van der Waals surface area contributed by atoms with Gasteiger partial charge in [0.25, 0.3) is 5.91 Å². The maximum Gasteiger partial charge on any atom is 0.261 e. The Morgan fingerprint density at radius 2 is 1.94 bits per heavy atom. The standard InChI is InChI=1S/C24H30N2O4S/c1-24(29)13-14-26(20(27)16-30-18-10-3-2-4-11-18)21(19-12-7-15-31-19)22(24)25-23(28)17-8-5-6-9-17/h2-4,7,10-12,15,17,21-22,29H,5-6,8-9,13-14,16H2,1H3,(H,25,28). The van der Waals surface area contributed by atoms with Crippen LogP contribution in [-0.4, -0.2) is 46.6 Å². The molecule has 2 fully saturated rings. The molecule has 6 nitrogen and oxygen atoms in total. The molecule has 0 bridgehead atoms. The van der Waals surface area contributed by atoms with Crippen molar-refractivity contribution < 1.29 is 19.4 Å². The Bertz CT molecular complexity index is 878. The van der Waals surface area contributed by atoms with E-state index >= 15 is 0 Å². The van der Waals surface area contributed by atoms with Crippen LogP contribution in [0.3, 0.4) is 0 Å². The van der Waals surface area contributed by atoms with Crippen LogP contribution in [0.5, 0.6) is 5.75 Å². The molecule has 1 saturated carbocycles. The minimum atomic E-state index is -1.11. The second-order valence-corrected chi connectivity index (χ2v) is 9.70. The summed E-state index contributed by atoms with van der Waals surface area (Å²) >= 11 is 1.53. The molecule has 3 atom stereocenters. The molecule has 2 aliphatic rings. The zero-order valence-corrected chi connectivity index (χ0v) is 18.6. The quantitative estimate of drug-likeness (QED) is 0.717. The number of rotatable bonds is 6. The molecule has 1 saturated heterocycles. The van der Waals surface area contributed by atoms with Crippen molar-refractivity contribution in [2.45, 2.75) is 56.7 Å². The molecule has 7 heteroatoms. The van der Waals surface area contributed by atoms with Crippen LogP contribution in [0.4, 0.5) is 0 Å². The number of nitrogens with one attached hydrogen (secondary N) is 1. The molecule has 166 valence electrons. The number of likely N-dealkylation sites (tertiary alicyclic amines) is 1. The number of hydrogen-bond donors (Lipinski definition) is 2. The molecule has 1 aromatic carbocycles. The maximum absolute atomic E-state index is 13.2. The summed E-state index contributed by atoms with van der Waals surface area (Å²) in [6.45, 7) is 2.08. The number of carbonyl (C=O) groups is 2. The van der Waals surface area contributed by atoms with Crippen molar-refractivity contribution in [3.63, 3.8) is 0 Å². The molecule has 1 aliphatic carbocycles. The van der Waals surface area contributed by atoms with E-state index in [1.54, 1.807) is 11.8 Å². The SMILES string of the molecule is CC1(O)CCN(C(=O)COc2ccccc2)C(c2cccs2)C1NC(=O)C1CCCC1. The number of nitrogens with zero attached hydrogens (tertiary/aromatic N) is 1. The first-order valence-electron chi connectivity index (χ1n) is 11.0. The third-order valence-electron chi connectivity index (χ3n) is 6.46. The molecule has 0 radical (unpaired) electrons. The van der Waals surface area contributed by atoms with Gasteiger partial charge in [-0.2, -0.15) is 0 Å². The number of ether oxygens (including phenoxy) is 1. The third kappa shape index (κ3) is 4.93. The van der Waals surface area contributed by atoms with Crippen molar-refractivity contribution in [1.29, 1.82) is 0 Å². The molecular weight excluding hydrogens is 412 g/mol. The van der Waals surface area contributed by atoms with Gasteiger partial charge < -0.3 is 20.1 Å². The fourth-order valence-corrected chi connectivity index (χ4v) is 5.53. The fraction of sp³-hybridized carbons (Fsp3) is 0.500. The van der Waals surface area contributed by atoms with Crippen LogP contribution < -0.4 is 10.1 Å². The van der Waals surface area contributed by atoms with Gasteiger partial charge in [-0.05, 0) is 49.8 Å². The number of para-hydroxylation sites is 1. The molecule has 2 N–H and O–H groups in total. The third-order valence-corrected chi connectivity index (χ3v) is 7.41. The highest BCUT2D eigenvalue weighted by Gasteiger charge is 2.48. The predicted molar refractivity (Wildman–Crippen MR) is 120 cm³/mol. The molecule has 2 heterocycles. The summed E-state index contributed by atoms with van der Waals surface area (Å²) in [6.07, 6.45) is 4.29. The van der Waals surface area contributed by atoms with Gasteiger partial charge in [0, 0.05) is 17.3 Å². The largest absolute Gasteiger partial charge is 0.484 e. The highest BCUT2D eigenvalue weighted by molar-refractivity contribution is 7.10. The van der Waals surface area contributed by atoms with Crippen LogP contribution in [0.1, 0.15) is 49.9 Å². The van der Waals surface area contributed by atoms with Gasteiger partial charge in [-0.3, -0.25) is 9.59 Å². The number of hydrogen-bond acceptors (Lipinski definition) is 5. The van der Waals surface area contributed by atoms with Crippen LogP contribution >= 0.6 is 11.3 Å². The van der Waals surface area contributed by atoms with Gasteiger partial charge in [-0.25, -0.2) is 0 Å². The van der Waals surface area contributed by atoms with Gasteiger partial charge in [0.05, 0.1) is 17.7 Å². The first-order valence-corrected chi connectivity index (χ1v) is 11.9. The summed E-state index contributed by atoms with van der Waals surface area (Å²) in [7, 11) is 0. The summed E-state index contributed by atoms with van der Waals surface area (Å²) < 4.78 is 5.70. The van der Waals surface area contributed by atoms with E-state index in [2.05, 4.69) is 5.32 Å². The van der Waals surface area contributed by atoms with E-state index in [0.717, 1.165) is 30.6 Å². The molecule has 2 amide bonds. The summed E-state index contributed by atoms with van der Waals surface area (Å²) in [4.78, 5) is 28.8. The Morgan fingerprint density at radius 1 is 1.19 bits per heavy atom. The van der Waals surface area contributed by atoms with Gasteiger partial charge in [-0.15, -0.1) is 11.3 Å². The van der Waals surface area contributed by atoms with E-state index in [1.807, 2.05) is 47.8 Å². The van der Waals surface area contributed by atoms with E-state index in [-0.39, 0.29) is 24.3 Å². The minimum absolute atomic E-state index is 0.00715. The normalized spacial score (nSPS) is 26.6. The lowest BCUT2D eigenvalue weighted by Gasteiger charge is -2.48. The second kappa shape index (κ2) is 9.40. The second-order valence-electron chi connectivity index (χ2n) is 8.72. The molecule has 1 aliphatic heterocycles. The van der Waals surface area contributed by atoms with Crippen molar-refractivity contribution in [2.75, 3.05) is 13.2 Å². The summed E-state index contributed by atoms with van der Waals surface area (Å²) in [5.41, 5.74) is -1.11. The first-order chi connectivity index (χ1) is 15.0. The van der Waals surface area contributed by atoms with Crippen LogP contribution in [0, 0.1) is 5.92 Å². The molecule has 1 aromatic heterocycles. The van der Waals surface area contributed by atoms with E-state index in [0.29, 0.717) is 18.7 Å². The van der Waals surface area contributed by atoms with E-state index < -0.39 is 17.7 Å². The lowest BCUT2D eigenvalue weighted by Crippen LogP contribution is -2.64. The highest BCUT2D eigenvalue weighted by Crippen LogP contribution is 2.39. The van der Waals surface area contributed by atoms with E-state index in [9.17, 15) is 14.7 Å². The summed E-state index contributed by atoms with van der Waals surface area (Å²) in [5, 5.41) is 16.3. The minimum Gasteiger partial charge on any atom is -0.484 e. The van der Waals surface area contributed by atoms with Gasteiger partial charge in [0.1, 0.15) is 5.75 Å². The number of aliphatic hydroxyl groups is 1. The topological polar surface area (TPSA) is 78.9 Å². The van der Waals surface area contributed by atoms with Crippen LogP contribution in [-0.2, 0) is 9.59 Å². The van der Waals surface area contributed by atoms with Crippen molar-refractivity contribution >= 4 is 23.2 Å². The summed E-state index contributed by atoms with van der Waals surface area (Å²) in [6, 6.07) is 12.1. The molecule has 2 aromatic rings. The van der Waals surface area contributed by atoms with Crippen LogP contribution in [0.2, 0.25) is 0 Å². The molecule has 4 rings (SSSR count). The molecule has 0 spiro atoms. The number of carbonyl (C=O) groups excluding carboxylic acids is 2. The Balaban J connectivity index is 1.56. The van der Waals surface area contributed by atoms with Crippen LogP contribution in [0.25, 0.3) is 0 Å². The van der Waals surface area contributed by atoms with Gasteiger partial charge >= 0.3 is 0 Å². The Kier molecular flexibility index (Phi) is 6.62. The van der Waals surface area contributed by atoms with Crippen molar-refractivity contribution in [2.24, 2.45) is 5.92 Å². The summed E-state index contributed by atoms with van der Waals surface area (Å²) in [5.74, 6) is 0.461. The maximum atomic E-state index is 13.2. The number of thiophene rings is 1. The fourth-order valence-electron chi connectivity index (χ4n) is 4.66. The average Bonchev–Trinajstić information content (AvgIpc) is 3.48. The lowest BCUT2D eigenvalue weighted by atomic mass is 9.81. The highest BCUT2D eigenvalue weighted by atomic mass is 32.1. The van der Waals surface area contributed by atoms with E-state index in [1.165, 1.54) is 11.3 Å². The van der Waals surface area contributed by atoms with Crippen molar-refractivity contribution in [1.82, 2.24) is 10.2 Å². The Morgan fingerprint density at radius 3 is 2.61 bits per heavy atom. The average molecular weight is 443 g/mol. The zero-order valence-electron chi connectivity index (χ0n) is 17.8. The first kappa shape index (κ1) is 21.8. The van der Waals surface area contributed by atoms with Crippen molar-refractivity contribution in [3.8, 4) is 5.75 Å². The number of benzene rings is 1. The van der Waals surface area contributed by atoms with E-state index in [4.69, 9.17) is 4.74 Å². The van der Waals surface area contributed by atoms with Gasteiger partial charge in [0.15, 0.2) is 6.61 Å². The zero-order chi connectivity index (χ0) is 21.8. The lowest BCUT2D eigenvalue weighted by molar-refractivity contribution is -0.148. The number of amides is 2. The smallest absolute Gasteiger partial charge is 0.261 e. The molecule has 3 unspecified atom stereocenters. The molecule has 31 heavy (non-hydrogen) atoms. The number of piperidine rings is 1. The van der Waals surface area contributed by atoms with Gasteiger partial charge in [0.2, 0.25) is 5.91 Å². The monoisotopic (exact) mass is 442 g/mol. The molecular formula is C24H30N2O4S. The van der Waals surface area contributed by atoms with Gasteiger partial charge in [-0.1, -0.05) is 37.1 Å². The Labute approximate surface area is 187 Å². The van der Waals surface area contributed by atoms with Crippen LogP contribution in [0.15, 0.2) is 47.8 Å². The Hall–Kier alpha value is -2.38. The predicted octanol–water partition coefficient (Wildman–Crippen LogP) is 3.53.